The lowest BCUT2D eigenvalue weighted by atomic mass is 9.93. The van der Waals surface area contributed by atoms with Crippen LogP contribution in [-0.2, 0) is 0 Å². The van der Waals surface area contributed by atoms with E-state index in [-0.39, 0.29) is 17.9 Å². The first-order chi connectivity index (χ1) is 12.2. The molecule has 3 N–H and O–H groups in total. The highest BCUT2D eigenvalue weighted by Crippen LogP contribution is 2.34. The zero-order chi connectivity index (χ0) is 17.2. The molecule has 1 fully saturated rings. The molecule has 1 aromatic carbocycles. The lowest BCUT2D eigenvalue weighted by molar-refractivity contribution is 0.124. The minimum atomic E-state index is -0.430. The lowest BCUT2D eigenvalue weighted by Crippen LogP contribution is -2.30. The average Bonchev–Trinajstić information content (AvgIpc) is 3.01. The highest BCUT2D eigenvalue weighted by molar-refractivity contribution is 5.93. The van der Waals surface area contributed by atoms with Crippen LogP contribution in [0, 0.1) is 5.82 Å². The van der Waals surface area contributed by atoms with Crippen LogP contribution in [0.1, 0.15) is 25.7 Å². The normalized spacial score (nSPS) is 20.6. The zero-order valence-electron chi connectivity index (χ0n) is 13.6. The van der Waals surface area contributed by atoms with Crippen molar-refractivity contribution < 1.29 is 14.2 Å². The van der Waals surface area contributed by atoms with Crippen molar-refractivity contribution in [3.05, 3.63) is 42.3 Å². The first kappa shape index (κ1) is 15.8. The van der Waals surface area contributed by atoms with E-state index in [0.29, 0.717) is 29.0 Å². The van der Waals surface area contributed by atoms with Crippen molar-refractivity contribution in [1.29, 1.82) is 0 Å². The summed E-state index contributed by atoms with van der Waals surface area (Å²) in [5, 5.41) is 21.0. The van der Waals surface area contributed by atoms with Gasteiger partial charge in [-0.25, -0.2) is 9.37 Å². The molecule has 1 aliphatic rings. The van der Waals surface area contributed by atoms with Crippen LogP contribution in [-0.4, -0.2) is 32.4 Å². The van der Waals surface area contributed by atoms with E-state index in [1.807, 2.05) is 0 Å². The second kappa shape index (κ2) is 6.68. The van der Waals surface area contributed by atoms with Gasteiger partial charge in [-0.15, -0.1) is 0 Å². The van der Waals surface area contributed by atoms with E-state index in [1.54, 1.807) is 30.5 Å². The fourth-order valence-corrected chi connectivity index (χ4v) is 3.25. The summed E-state index contributed by atoms with van der Waals surface area (Å²) in [5.74, 6) is 0.798. The van der Waals surface area contributed by atoms with Gasteiger partial charge in [0, 0.05) is 18.3 Å². The van der Waals surface area contributed by atoms with Crippen molar-refractivity contribution in [3.8, 4) is 11.5 Å². The predicted octanol–water partition coefficient (Wildman–Crippen LogP) is 3.60. The van der Waals surface area contributed by atoms with Crippen LogP contribution in [0.2, 0.25) is 0 Å². The van der Waals surface area contributed by atoms with Crippen molar-refractivity contribution in [2.45, 2.75) is 37.8 Å². The number of aliphatic hydroxyl groups excluding tert-OH is 1. The standard InChI is InChI=1S/C18H19FN4O2/c19-13-6-1-2-7-14(13)25-15-8-9-20-17-16(15)18(23-22-17)21-11-4-3-5-12(24)10-11/h1-2,6-9,11-12,24H,3-5,10H2,(H2,20,21,22,23). The van der Waals surface area contributed by atoms with Gasteiger partial charge in [0.15, 0.2) is 23.0 Å². The van der Waals surface area contributed by atoms with Gasteiger partial charge in [-0.05, 0) is 37.8 Å². The summed E-state index contributed by atoms with van der Waals surface area (Å²) in [5.41, 5.74) is 0.563. The summed E-state index contributed by atoms with van der Waals surface area (Å²) in [4.78, 5) is 4.25. The maximum atomic E-state index is 13.9. The van der Waals surface area contributed by atoms with E-state index in [9.17, 15) is 9.50 Å². The number of hydrogen-bond acceptors (Lipinski definition) is 5. The summed E-state index contributed by atoms with van der Waals surface area (Å²) in [6, 6.07) is 8.08. The Morgan fingerprint density at radius 2 is 2.08 bits per heavy atom. The molecule has 25 heavy (non-hydrogen) atoms. The Bertz CT molecular complexity index is 882. The Hall–Kier alpha value is -2.67. The Labute approximate surface area is 144 Å². The van der Waals surface area contributed by atoms with Crippen molar-refractivity contribution in [2.24, 2.45) is 0 Å². The molecule has 0 radical (unpaired) electrons. The number of aromatic amines is 1. The largest absolute Gasteiger partial charge is 0.453 e. The number of fused-ring (bicyclic) bond motifs is 1. The highest BCUT2D eigenvalue weighted by Gasteiger charge is 2.22. The highest BCUT2D eigenvalue weighted by atomic mass is 19.1. The Balaban J connectivity index is 1.66. The zero-order valence-corrected chi connectivity index (χ0v) is 13.6. The molecule has 0 amide bonds. The minimum Gasteiger partial charge on any atom is -0.453 e. The molecule has 0 saturated heterocycles. The fraction of sp³-hybridized carbons (Fsp3) is 0.333. The summed E-state index contributed by atoms with van der Waals surface area (Å²) in [7, 11) is 0. The maximum Gasteiger partial charge on any atom is 0.165 e. The molecule has 0 bridgehead atoms. The molecule has 2 unspecified atom stereocenters. The molecule has 2 aromatic heterocycles. The van der Waals surface area contributed by atoms with Gasteiger partial charge >= 0.3 is 0 Å². The number of para-hydroxylation sites is 1. The van der Waals surface area contributed by atoms with Gasteiger partial charge in [0.25, 0.3) is 0 Å². The number of benzene rings is 1. The topological polar surface area (TPSA) is 83.1 Å². The van der Waals surface area contributed by atoms with E-state index in [4.69, 9.17) is 4.74 Å². The number of rotatable bonds is 4. The number of nitrogens with one attached hydrogen (secondary N) is 2. The third kappa shape index (κ3) is 3.28. The van der Waals surface area contributed by atoms with Gasteiger partial charge in [-0.3, -0.25) is 5.10 Å². The number of hydrogen-bond donors (Lipinski definition) is 3. The summed E-state index contributed by atoms with van der Waals surface area (Å²) in [6.45, 7) is 0. The molecule has 0 spiro atoms. The SMILES string of the molecule is OC1CCCC(Nc2n[nH]c3nccc(Oc4ccccc4F)c23)C1. The van der Waals surface area contributed by atoms with E-state index in [2.05, 4.69) is 20.5 Å². The van der Waals surface area contributed by atoms with Gasteiger partial charge in [0.1, 0.15) is 11.1 Å². The van der Waals surface area contributed by atoms with E-state index in [0.717, 1.165) is 19.3 Å². The monoisotopic (exact) mass is 342 g/mol. The van der Waals surface area contributed by atoms with Crippen molar-refractivity contribution in [3.63, 3.8) is 0 Å². The fourth-order valence-electron chi connectivity index (χ4n) is 3.25. The molecule has 1 saturated carbocycles. The summed E-state index contributed by atoms with van der Waals surface area (Å²) >= 11 is 0. The van der Waals surface area contributed by atoms with Crippen LogP contribution in [0.5, 0.6) is 11.5 Å². The first-order valence-electron chi connectivity index (χ1n) is 8.41. The first-order valence-corrected chi connectivity index (χ1v) is 8.41. The molecule has 2 atom stereocenters. The number of halogens is 1. The van der Waals surface area contributed by atoms with Crippen LogP contribution in [0.4, 0.5) is 10.2 Å². The average molecular weight is 342 g/mol. The minimum absolute atomic E-state index is 0.136. The number of H-pyrrole nitrogens is 1. The van der Waals surface area contributed by atoms with Crippen LogP contribution < -0.4 is 10.1 Å². The number of nitrogens with zero attached hydrogens (tertiary/aromatic N) is 2. The smallest absolute Gasteiger partial charge is 0.165 e. The van der Waals surface area contributed by atoms with Gasteiger partial charge < -0.3 is 15.2 Å². The van der Waals surface area contributed by atoms with E-state index in [1.165, 1.54) is 6.07 Å². The van der Waals surface area contributed by atoms with Crippen LogP contribution in [0.25, 0.3) is 11.0 Å². The molecular weight excluding hydrogens is 323 g/mol. The quantitative estimate of drug-likeness (QED) is 0.675. The molecule has 3 aromatic rings. The van der Waals surface area contributed by atoms with Crippen LogP contribution in [0.15, 0.2) is 36.5 Å². The molecular formula is C18H19FN4O2. The molecule has 0 aliphatic heterocycles. The number of ether oxygens (including phenoxy) is 1. The Morgan fingerprint density at radius 3 is 2.92 bits per heavy atom. The number of aromatic nitrogens is 3. The van der Waals surface area contributed by atoms with Gasteiger partial charge in [0.2, 0.25) is 0 Å². The predicted molar refractivity (Wildman–Crippen MR) is 92.2 cm³/mol. The maximum absolute atomic E-state index is 13.9. The van der Waals surface area contributed by atoms with Crippen LogP contribution >= 0.6 is 0 Å². The number of pyridine rings is 1. The number of anilines is 1. The molecule has 2 heterocycles. The van der Waals surface area contributed by atoms with E-state index < -0.39 is 5.82 Å². The third-order valence-electron chi connectivity index (χ3n) is 4.47. The van der Waals surface area contributed by atoms with Crippen molar-refractivity contribution >= 4 is 16.9 Å². The van der Waals surface area contributed by atoms with E-state index >= 15 is 0 Å². The molecule has 130 valence electrons. The van der Waals surface area contributed by atoms with Gasteiger partial charge in [-0.1, -0.05) is 12.1 Å². The van der Waals surface area contributed by atoms with Crippen molar-refractivity contribution in [2.75, 3.05) is 5.32 Å². The number of aliphatic hydroxyl groups is 1. The van der Waals surface area contributed by atoms with Crippen molar-refractivity contribution in [1.82, 2.24) is 15.2 Å². The van der Waals surface area contributed by atoms with Crippen LogP contribution in [0.3, 0.4) is 0 Å². The molecule has 6 nitrogen and oxygen atoms in total. The lowest BCUT2D eigenvalue weighted by Gasteiger charge is -2.26. The molecule has 7 heteroatoms. The Morgan fingerprint density at radius 1 is 1.20 bits per heavy atom. The molecule has 1 aliphatic carbocycles. The molecule has 4 rings (SSSR count). The third-order valence-corrected chi connectivity index (χ3v) is 4.47. The summed E-state index contributed by atoms with van der Waals surface area (Å²) < 4.78 is 19.7. The van der Waals surface area contributed by atoms with Gasteiger partial charge in [-0.2, -0.15) is 5.10 Å². The summed E-state index contributed by atoms with van der Waals surface area (Å²) in [6.07, 6.45) is 4.75. The second-order valence-corrected chi connectivity index (χ2v) is 6.30. The van der Waals surface area contributed by atoms with Gasteiger partial charge in [0.05, 0.1) is 6.10 Å². The Kier molecular flexibility index (Phi) is 4.23. The second-order valence-electron chi connectivity index (χ2n) is 6.30.